The van der Waals surface area contributed by atoms with Crippen LogP contribution >= 0.6 is 0 Å². The van der Waals surface area contributed by atoms with Crippen molar-refractivity contribution in [3.63, 3.8) is 0 Å². The SMILES string of the molecule is CCCCCCCCON1C(C)(C)C2C(N3CCOCC3)C2C1(C)C. The molecular formula is C21H40N2O2. The molecule has 0 spiro atoms. The summed E-state index contributed by atoms with van der Waals surface area (Å²) in [5, 5.41) is 2.36. The summed E-state index contributed by atoms with van der Waals surface area (Å²) in [7, 11) is 0. The number of fused-ring (bicyclic) bond motifs is 1. The van der Waals surface area contributed by atoms with Crippen molar-refractivity contribution in [1.29, 1.82) is 0 Å². The van der Waals surface area contributed by atoms with Gasteiger partial charge in [0.1, 0.15) is 0 Å². The van der Waals surface area contributed by atoms with Crippen molar-refractivity contribution in [3.8, 4) is 0 Å². The smallest absolute Gasteiger partial charge is 0.0685 e. The molecule has 2 heterocycles. The maximum absolute atomic E-state index is 6.37. The van der Waals surface area contributed by atoms with Gasteiger partial charge in [0.05, 0.1) is 19.8 Å². The quantitative estimate of drug-likeness (QED) is 0.583. The van der Waals surface area contributed by atoms with Gasteiger partial charge in [-0.1, -0.05) is 39.0 Å². The number of nitrogens with zero attached hydrogens (tertiary/aromatic N) is 2. The zero-order valence-corrected chi connectivity index (χ0v) is 17.2. The minimum Gasteiger partial charge on any atom is -0.379 e. The van der Waals surface area contributed by atoms with E-state index in [1.807, 2.05) is 0 Å². The Labute approximate surface area is 155 Å². The van der Waals surface area contributed by atoms with Crippen molar-refractivity contribution >= 4 is 0 Å². The molecule has 0 N–H and O–H groups in total. The largest absolute Gasteiger partial charge is 0.379 e. The first kappa shape index (κ1) is 19.6. The maximum atomic E-state index is 6.37. The van der Waals surface area contributed by atoms with Crippen molar-refractivity contribution in [3.05, 3.63) is 0 Å². The molecule has 2 saturated heterocycles. The molecule has 2 aliphatic heterocycles. The molecular weight excluding hydrogens is 312 g/mol. The molecule has 4 nitrogen and oxygen atoms in total. The third-order valence-electron chi connectivity index (χ3n) is 6.85. The second kappa shape index (κ2) is 7.84. The number of hydroxylamine groups is 2. The van der Waals surface area contributed by atoms with Crippen LogP contribution in [0.4, 0.5) is 0 Å². The highest BCUT2D eigenvalue weighted by Crippen LogP contribution is 2.65. The van der Waals surface area contributed by atoms with Crippen LogP contribution in [-0.4, -0.2) is 60.0 Å². The molecule has 3 rings (SSSR count). The van der Waals surface area contributed by atoms with E-state index in [4.69, 9.17) is 9.57 Å². The summed E-state index contributed by atoms with van der Waals surface area (Å²) in [5.74, 6) is 1.45. The number of hydrogen-bond acceptors (Lipinski definition) is 4. The van der Waals surface area contributed by atoms with Crippen LogP contribution in [0.1, 0.15) is 73.1 Å². The van der Waals surface area contributed by atoms with Crippen LogP contribution in [0.15, 0.2) is 0 Å². The summed E-state index contributed by atoms with van der Waals surface area (Å²) >= 11 is 0. The Morgan fingerprint density at radius 1 is 0.880 bits per heavy atom. The number of hydrogen-bond donors (Lipinski definition) is 0. The molecule has 0 radical (unpaired) electrons. The van der Waals surface area contributed by atoms with E-state index < -0.39 is 0 Å². The van der Waals surface area contributed by atoms with Gasteiger partial charge in [-0.3, -0.25) is 9.74 Å². The van der Waals surface area contributed by atoms with Gasteiger partial charge in [0.15, 0.2) is 0 Å². The Bertz CT molecular complexity index is 410. The fourth-order valence-corrected chi connectivity index (χ4v) is 5.72. The van der Waals surface area contributed by atoms with Gasteiger partial charge in [0.2, 0.25) is 0 Å². The molecule has 0 aromatic heterocycles. The fraction of sp³-hybridized carbons (Fsp3) is 1.00. The van der Waals surface area contributed by atoms with E-state index in [9.17, 15) is 0 Å². The average molecular weight is 353 g/mol. The average Bonchev–Trinajstić information content (AvgIpc) is 3.32. The molecule has 3 fully saturated rings. The van der Waals surface area contributed by atoms with Gasteiger partial charge in [0, 0.05) is 42.0 Å². The topological polar surface area (TPSA) is 24.9 Å². The van der Waals surface area contributed by atoms with Gasteiger partial charge < -0.3 is 4.74 Å². The van der Waals surface area contributed by atoms with E-state index in [0.29, 0.717) is 0 Å². The molecule has 0 bridgehead atoms. The van der Waals surface area contributed by atoms with Crippen LogP contribution < -0.4 is 0 Å². The molecule has 25 heavy (non-hydrogen) atoms. The van der Waals surface area contributed by atoms with Crippen LogP contribution in [0, 0.1) is 11.8 Å². The fourth-order valence-electron chi connectivity index (χ4n) is 5.72. The highest BCUT2D eigenvalue weighted by atomic mass is 16.7. The Morgan fingerprint density at radius 2 is 1.44 bits per heavy atom. The summed E-state index contributed by atoms with van der Waals surface area (Å²) in [4.78, 5) is 9.04. The van der Waals surface area contributed by atoms with Gasteiger partial charge in [-0.05, 0) is 34.1 Å². The van der Waals surface area contributed by atoms with Crippen molar-refractivity contribution in [2.45, 2.75) is 90.3 Å². The Hall–Kier alpha value is -0.160. The highest BCUT2D eigenvalue weighted by molar-refractivity contribution is 5.26. The standard InChI is InChI=1S/C21H40N2O2/c1-6-7-8-9-10-11-14-25-23-20(2,3)17-18(21(23,4)5)19(17)22-12-15-24-16-13-22/h17-19H,6-16H2,1-5H3. The summed E-state index contributed by atoms with van der Waals surface area (Å²) < 4.78 is 5.55. The van der Waals surface area contributed by atoms with E-state index >= 15 is 0 Å². The molecule has 4 heteroatoms. The Kier molecular flexibility index (Phi) is 6.14. The first-order chi connectivity index (χ1) is 11.9. The predicted octanol–water partition coefficient (Wildman–Crippen LogP) is 4.10. The van der Waals surface area contributed by atoms with Gasteiger partial charge in [-0.2, -0.15) is 5.06 Å². The van der Waals surface area contributed by atoms with E-state index in [1.165, 1.54) is 38.5 Å². The predicted molar refractivity (Wildman–Crippen MR) is 102 cm³/mol. The molecule has 2 unspecified atom stereocenters. The van der Waals surface area contributed by atoms with Crippen LogP contribution in [0.3, 0.4) is 0 Å². The second-order valence-electron chi connectivity index (χ2n) is 9.39. The maximum Gasteiger partial charge on any atom is 0.0685 e. The molecule has 1 saturated carbocycles. The zero-order valence-electron chi connectivity index (χ0n) is 17.2. The van der Waals surface area contributed by atoms with Gasteiger partial charge in [-0.15, -0.1) is 0 Å². The third kappa shape index (κ3) is 3.78. The lowest BCUT2D eigenvalue weighted by Gasteiger charge is -2.45. The zero-order chi connectivity index (χ0) is 18.1. The molecule has 3 aliphatic rings. The minimum atomic E-state index is 0.124. The normalized spacial score (nSPS) is 34.2. The minimum absolute atomic E-state index is 0.124. The van der Waals surface area contributed by atoms with E-state index in [1.54, 1.807) is 0 Å². The number of morpholine rings is 1. The lowest BCUT2D eigenvalue weighted by Crippen LogP contribution is -2.56. The van der Waals surface area contributed by atoms with Crippen LogP contribution in [-0.2, 0) is 9.57 Å². The summed E-state index contributed by atoms with van der Waals surface area (Å²) in [6.45, 7) is 16.7. The van der Waals surface area contributed by atoms with E-state index in [-0.39, 0.29) is 11.1 Å². The van der Waals surface area contributed by atoms with Crippen LogP contribution in [0.25, 0.3) is 0 Å². The molecule has 146 valence electrons. The molecule has 0 aromatic carbocycles. The van der Waals surface area contributed by atoms with Crippen molar-refractivity contribution in [2.75, 3.05) is 32.9 Å². The highest BCUT2D eigenvalue weighted by Gasteiger charge is 2.75. The number of unbranched alkanes of at least 4 members (excludes halogenated alkanes) is 5. The van der Waals surface area contributed by atoms with Crippen molar-refractivity contribution in [2.24, 2.45) is 11.8 Å². The number of piperidine rings is 1. The lowest BCUT2D eigenvalue weighted by atomic mass is 9.97. The third-order valence-corrected chi connectivity index (χ3v) is 6.85. The van der Waals surface area contributed by atoms with Crippen molar-refractivity contribution < 1.29 is 9.57 Å². The molecule has 0 amide bonds. The molecule has 0 aromatic rings. The van der Waals surface area contributed by atoms with Gasteiger partial charge >= 0.3 is 0 Å². The summed E-state index contributed by atoms with van der Waals surface area (Å²) in [6, 6.07) is 0.725. The first-order valence-electron chi connectivity index (χ1n) is 10.7. The molecule has 1 aliphatic carbocycles. The summed E-state index contributed by atoms with van der Waals surface area (Å²) in [5.41, 5.74) is 0.249. The molecule has 2 atom stereocenters. The van der Waals surface area contributed by atoms with Crippen molar-refractivity contribution in [1.82, 2.24) is 9.96 Å². The number of ether oxygens (including phenoxy) is 1. The van der Waals surface area contributed by atoms with Crippen LogP contribution in [0.2, 0.25) is 0 Å². The second-order valence-corrected chi connectivity index (χ2v) is 9.39. The first-order valence-corrected chi connectivity index (χ1v) is 10.7. The van der Waals surface area contributed by atoms with Crippen LogP contribution in [0.5, 0.6) is 0 Å². The van der Waals surface area contributed by atoms with Gasteiger partial charge in [-0.25, -0.2) is 0 Å². The summed E-state index contributed by atoms with van der Waals surface area (Å²) in [6.07, 6.45) is 7.92. The van der Waals surface area contributed by atoms with E-state index in [2.05, 4.69) is 44.6 Å². The lowest BCUT2D eigenvalue weighted by molar-refractivity contribution is -0.257. The van der Waals surface area contributed by atoms with E-state index in [0.717, 1.165) is 50.8 Å². The monoisotopic (exact) mass is 352 g/mol. The Morgan fingerprint density at radius 3 is 2.04 bits per heavy atom. The Balaban J connectivity index is 1.49. The van der Waals surface area contributed by atoms with Gasteiger partial charge in [0.25, 0.3) is 0 Å². The number of rotatable bonds is 9.